The molecule has 0 spiro atoms. The standard InChI is InChI=1S/C25H30O7/c1-16(2)24(28)31-13-11-22(27)21(26)10-12-30-19-9-8-18-14-20(17-6-4-3-5-7-17)25(29)32-23(18)15-19/h4,6-9,14-15,18,21-23,26-27H,1,3,5,10-13H2,2H3. The molecule has 0 bridgehead atoms. The van der Waals surface area contributed by atoms with Crippen LogP contribution in [0.25, 0.3) is 0 Å². The number of aliphatic hydroxyl groups is 2. The third-order valence-corrected chi connectivity index (χ3v) is 5.44. The van der Waals surface area contributed by atoms with Gasteiger partial charge in [-0.1, -0.05) is 37.0 Å². The molecule has 0 amide bonds. The second-order valence-electron chi connectivity index (χ2n) is 8.07. The molecule has 0 aromatic carbocycles. The van der Waals surface area contributed by atoms with Gasteiger partial charge in [0, 0.05) is 24.3 Å². The monoisotopic (exact) mass is 442 g/mol. The van der Waals surface area contributed by atoms with Crippen LogP contribution in [0.5, 0.6) is 0 Å². The topological polar surface area (TPSA) is 102 Å². The number of esters is 2. The van der Waals surface area contributed by atoms with Crippen LogP contribution in [0.1, 0.15) is 32.6 Å². The van der Waals surface area contributed by atoms with Gasteiger partial charge in [0.15, 0.2) is 0 Å². The zero-order valence-electron chi connectivity index (χ0n) is 18.2. The first kappa shape index (κ1) is 23.8. The summed E-state index contributed by atoms with van der Waals surface area (Å²) in [6.45, 7) is 5.18. The van der Waals surface area contributed by atoms with E-state index in [1.807, 2.05) is 24.3 Å². The van der Waals surface area contributed by atoms with E-state index in [2.05, 4.69) is 18.7 Å². The summed E-state index contributed by atoms with van der Waals surface area (Å²) in [7, 11) is 0. The predicted molar refractivity (Wildman–Crippen MR) is 118 cm³/mol. The third-order valence-electron chi connectivity index (χ3n) is 5.44. The first-order valence-electron chi connectivity index (χ1n) is 10.9. The van der Waals surface area contributed by atoms with Crippen molar-refractivity contribution in [1.29, 1.82) is 0 Å². The number of ether oxygens (including phenoxy) is 3. The van der Waals surface area contributed by atoms with Crippen LogP contribution in [0.4, 0.5) is 0 Å². The van der Waals surface area contributed by atoms with E-state index in [1.54, 1.807) is 6.08 Å². The lowest BCUT2D eigenvalue weighted by molar-refractivity contribution is -0.144. The highest BCUT2D eigenvalue weighted by Gasteiger charge is 2.32. The van der Waals surface area contributed by atoms with Crippen molar-refractivity contribution in [3.05, 3.63) is 71.6 Å². The van der Waals surface area contributed by atoms with Crippen molar-refractivity contribution in [1.82, 2.24) is 0 Å². The normalized spacial score (nSPS) is 23.7. The SMILES string of the molecule is C=C(C)C(=O)OCCC(O)C(O)CCOC1=CC2OC(=O)C(C3=CCCC=C3)=CC2C=C1. The van der Waals surface area contributed by atoms with Gasteiger partial charge in [-0.15, -0.1) is 0 Å². The number of carbonyl (C=O) groups excluding carboxylic acids is 2. The molecule has 32 heavy (non-hydrogen) atoms. The van der Waals surface area contributed by atoms with Gasteiger partial charge in [-0.2, -0.15) is 0 Å². The average molecular weight is 443 g/mol. The Morgan fingerprint density at radius 1 is 1.19 bits per heavy atom. The number of allylic oxidation sites excluding steroid dienone is 4. The van der Waals surface area contributed by atoms with Gasteiger partial charge < -0.3 is 24.4 Å². The molecule has 7 nitrogen and oxygen atoms in total. The lowest BCUT2D eigenvalue weighted by Crippen LogP contribution is -2.32. The maximum Gasteiger partial charge on any atom is 0.339 e. The van der Waals surface area contributed by atoms with E-state index in [-0.39, 0.29) is 43.5 Å². The van der Waals surface area contributed by atoms with Crippen molar-refractivity contribution in [2.45, 2.75) is 50.9 Å². The lowest BCUT2D eigenvalue weighted by Gasteiger charge is -2.29. The van der Waals surface area contributed by atoms with Gasteiger partial charge in [-0.25, -0.2) is 9.59 Å². The minimum Gasteiger partial charge on any atom is -0.494 e. The van der Waals surface area contributed by atoms with E-state index < -0.39 is 24.3 Å². The molecule has 0 aromatic rings. The van der Waals surface area contributed by atoms with Crippen molar-refractivity contribution >= 4 is 11.9 Å². The summed E-state index contributed by atoms with van der Waals surface area (Å²) in [5, 5.41) is 20.1. The van der Waals surface area contributed by atoms with E-state index >= 15 is 0 Å². The molecule has 1 heterocycles. The summed E-state index contributed by atoms with van der Waals surface area (Å²) in [5.41, 5.74) is 1.78. The molecular formula is C25H30O7. The largest absolute Gasteiger partial charge is 0.494 e. The van der Waals surface area contributed by atoms with Crippen molar-refractivity contribution in [3.8, 4) is 0 Å². The molecule has 7 heteroatoms. The van der Waals surface area contributed by atoms with Gasteiger partial charge in [0.05, 0.1) is 31.0 Å². The maximum absolute atomic E-state index is 12.4. The highest BCUT2D eigenvalue weighted by Crippen LogP contribution is 2.31. The van der Waals surface area contributed by atoms with Gasteiger partial charge >= 0.3 is 11.9 Å². The molecule has 3 rings (SSSR count). The number of rotatable bonds is 10. The Kier molecular flexibility index (Phi) is 8.25. The van der Waals surface area contributed by atoms with Crippen LogP contribution in [0.2, 0.25) is 0 Å². The Balaban J connectivity index is 1.44. The summed E-state index contributed by atoms with van der Waals surface area (Å²) in [6, 6.07) is 0. The summed E-state index contributed by atoms with van der Waals surface area (Å²) >= 11 is 0. The molecule has 0 radical (unpaired) electrons. The Labute approximate surface area is 188 Å². The second-order valence-corrected chi connectivity index (χ2v) is 8.07. The summed E-state index contributed by atoms with van der Waals surface area (Å²) in [5.74, 6) is -0.382. The Morgan fingerprint density at radius 3 is 2.62 bits per heavy atom. The Bertz CT molecular complexity index is 890. The molecule has 2 N–H and O–H groups in total. The highest BCUT2D eigenvalue weighted by molar-refractivity contribution is 5.95. The first-order chi connectivity index (χ1) is 15.3. The fraction of sp³-hybridized carbons (Fsp3) is 0.440. The molecule has 1 aliphatic heterocycles. The van der Waals surface area contributed by atoms with Gasteiger partial charge in [0.2, 0.25) is 0 Å². The fourth-order valence-corrected chi connectivity index (χ4v) is 3.56. The van der Waals surface area contributed by atoms with Crippen molar-refractivity contribution in [3.63, 3.8) is 0 Å². The molecule has 0 saturated heterocycles. The first-order valence-corrected chi connectivity index (χ1v) is 10.9. The molecule has 0 fully saturated rings. The smallest absolute Gasteiger partial charge is 0.339 e. The van der Waals surface area contributed by atoms with Crippen LogP contribution >= 0.6 is 0 Å². The molecule has 2 aliphatic carbocycles. The molecule has 0 aromatic heterocycles. The quantitative estimate of drug-likeness (QED) is 0.396. The van der Waals surface area contributed by atoms with Crippen molar-refractivity contribution < 1.29 is 34.0 Å². The van der Waals surface area contributed by atoms with Crippen LogP contribution in [0.15, 0.2) is 71.6 Å². The van der Waals surface area contributed by atoms with Gasteiger partial charge in [-0.3, -0.25) is 0 Å². The minimum absolute atomic E-state index is 0.00466. The van der Waals surface area contributed by atoms with E-state index in [1.165, 1.54) is 6.92 Å². The fourth-order valence-electron chi connectivity index (χ4n) is 3.56. The summed E-state index contributed by atoms with van der Waals surface area (Å²) < 4.78 is 16.2. The number of hydrogen-bond acceptors (Lipinski definition) is 7. The van der Waals surface area contributed by atoms with Gasteiger partial charge in [-0.05, 0) is 37.5 Å². The zero-order valence-corrected chi connectivity index (χ0v) is 18.2. The zero-order chi connectivity index (χ0) is 23.1. The van der Waals surface area contributed by atoms with E-state index in [0.29, 0.717) is 11.3 Å². The molecule has 4 atom stereocenters. The van der Waals surface area contributed by atoms with Gasteiger partial charge in [0.25, 0.3) is 0 Å². The molecule has 172 valence electrons. The van der Waals surface area contributed by atoms with E-state index in [4.69, 9.17) is 14.2 Å². The number of aliphatic hydroxyl groups excluding tert-OH is 2. The van der Waals surface area contributed by atoms with Crippen LogP contribution in [-0.2, 0) is 23.8 Å². The van der Waals surface area contributed by atoms with Crippen LogP contribution in [-0.4, -0.2) is 53.7 Å². The van der Waals surface area contributed by atoms with Crippen molar-refractivity contribution in [2.24, 2.45) is 5.92 Å². The molecule has 3 aliphatic rings. The van der Waals surface area contributed by atoms with Crippen LogP contribution in [0.3, 0.4) is 0 Å². The average Bonchev–Trinajstić information content (AvgIpc) is 2.78. The second kappa shape index (κ2) is 11.1. The Hall–Kier alpha value is -2.90. The lowest BCUT2D eigenvalue weighted by atomic mass is 9.88. The highest BCUT2D eigenvalue weighted by atomic mass is 16.5. The summed E-state index contributed by atoms with van der Waals surface area (Å²) in [6.07, 6.45) is 13.2. The minimum atomic E-state index is -1.04. The third kappa shape index (κ3) is 6.31. The number of hydrogen-bond donors (Lipinski definition) is 2. The van der Waals surface area contributed by atoms with Crippen molar-refractivity contribution in [2.75, 3.05) is 13.2 Å². The number of fused-ring (bicyclic) bond motifs is 1. The van der Waals surface area contributed by atoms with Crippen LogP contribution < -0.4 is 0 Å². The molecular weight excluding hydrogens is 412 g/mol. The van der Waals surface area contributed by atoms with E-state index in [0.717, 1.165) is 18.4 Å². The molecule has 0 saturated carbocycles. The van der Waals surface area contributed by atoms with Gasteiger partial charge in [0.1, 0.15) is 11.9 Å². The Morgan fingerprint density at radius 2 is 1.94 bits per heavy atom. The van der Waals surface area contributed by atoms with Crippen LogP contribution in [0, 0.1) is 5.92 Å². The maximum atomic E-state index is 12.4. The number of carbonyl (C=O) groups is 2. The van der Waals surface area contributed by atoms with E-state index in [9.17, 15) is 19.8 Å². The molecule has 4 unspecified atom stereocenters. The predicted octanol–water partition coefficient (Wildman–Crippen LogP) is 2.82. The summed E-state index contributed by atoms with van der Waals surface area (Å²) in [4.78, 5) is 23.8.